The first-order valence-corrected chi connectivity index (χ1v) is 10.0. The first-order chi connectivity index (χ1) is 12.5. The maximum absolute atomic E-state index is 11.9. The van der Waals surface area contributed by atoms with Crippen LogP contribution in [0.4, 0.5) is 0 Å². The first-order valence-electron chi connectivity index (χ1n) is 8.52. The molecule has 3 rings (SSSR count). The smallest absolute Gasteiger partial charge is 0.250 e. The Labute approximate surface area is 153 Å². The molecule has 0 bridgehead atoms. The molecular formula is C17H23N5O3S. The molecule has 26 heavy (non-hydrogen) atoms. The van der Waals surface area contributed by atoms with E-state index in [2.05, 4.69) is 25.1 Å². The minimum Gasteiger partial charge on any atom is -0.335 e. The average Bonchev–Trinajstić information content (AvgIpc) is 3.09. The van der Waals surface area contributed by atoms with Gasteiger partial charge in [0.2, 0.25) is 10.0 Å². The molecule has 0 aliphatic carbocycles. The monoisotopic (exact) mass is 377 g/mol. The number of nitrogens with one attached hydrogen (secondary N) is 2. The summed E-state index contributed by atoms with van der Waals surface area (Å²) in [7, 11) is -1.39. The van der Waals surface area contributed by atoms with Gasteiger partial charge in [-0.2, -0.15) is 4.98 Å². The molecule has 1 atom stereocenters. The van der Waals surface area contributed by atoms with Gasteiger partial charge < -0.3 is 9.84 Å². The predicted molar refractivity (Wildman–Crippen MR) is 98.8 cm³/mol. The summed E-state index contributed by atoms with van der Waals surface area (Å²) in [6.45, 7) is 4.79. The minimum absolute atomic E-state index is 0.102. The van der Waals surface area contributed by atoms with Gasteiger partial charge in [-0.25, -0.2) is 13.1 Å². The molecule has 1 aliphatic rings. The van der Waals surface area contributed by atoms with Gasteiger partial charge in [0, 0.05) is 32.3 Å². The second kappa shape index (κ2) is 8.09. The SMILES string of the molecule is CCNS(=O)(=O)c1ccc(/C=C/c2nc(C3CNCCN3C)no2)cc1. The molecule has 1 aromatic carbocycles. The summed E-state index contributed by atoms with van der Waals surface area (Å²) >= 11 is 0. The molecule has 2 N–H and O–H groups in total. The van der Waals surface area contributed by atoms with Gasteiger partial charge in [-0.05, 0) is 30.8 Å². The number of likely N-dealkylation sites (N-methyl/N-ethyl adjacent to an activating group) is 1. The van der Waals surface area contributed by atoms with Crippen molar-refractivity contribution in [1.82, 2.24) is 25.1 Å². The molecule has 2 aromatic rings. The first kappa shape index (κ1) is 18.7. The summed E-state index contributed by atoms with van der Waals surface area (Å²) in [5, 5.41) is 7.38. The van der Waals surface area contributed by atoms with E-state index in [0.717, 1.165) is 25.2 Å². The molecule has 1 saturated heterocycles. The van der Waals surface area contributed by atoms with Crippen molar-refractivity contribution in [2.75, 3.05) is 33.2 Å². The molecule has 1 unspecified atom stereocenters. The summed E-state index contributed by atoms with van der Waals surface area (Å²) in [6, 6.07) is 6.71. The lowest BCUT2D eigenvalue weighted by Gasteiger charge is -2.30. The summed E-state index contributed by atoms with van der Waals surface area (Å²) < 4.78 is 31.6. The number of hydrogen-bond donors (Lipinski definition) is 2. The number of piperazine rings is 1. The van der Waals surface area contributed by atoms with Gasteiger partial charge in [-0.3, -0.25) is 4.90 Å². The van der Waals surface area contributed by atoms with Gasteiger partial charge in [0.05, 0.1) is 10.9 Å². The van der Waals surface area contributed by atoms with Crippen LogP contribution in [-0.2, 0) is 10.0 Å². The second-order valence-corrected chi connectivity index (χ2v) is 7.86. The standard InChI is InChI=1S/C17H23N5O3S/c1-3-19-26(23,24)14-7-4-13(5-8-14)6-9-16-20-17(21-25-16)15-12-18-10-11-22(15)2/h4-9,15,18-19H,3,10-12H2,1-2H3/b9-6+. The highest BCUT2D eigenvalue weighted by molar-refractivity contribution is 7.89. The minimum atomic E-state index is -3.43. The van der Waals surface area contributed by atoms with Crippen LogP contribution in [0.25, 0.3) is 12.2 Å². The van der Waals surface area contributed by atoms with Crippen LogP contribution in [0.3, 0.4) is 0 Å². The number of nitrogens with zero attached hydrogens (tertiary/aromatic N) is 3. The van der Waals surface area contributed by atoms with Crippen molar-refractivity contribution in [3.8, 4) is 0 Å². The Bertz CT molecular complexity index is 861. The van der Waals surface area contributed by atoms with Crippen molar-refractivity contribution in [3.63, 3.8) is 0 Å². The lowest BCUT2D eigenvalue weighted by atomic mass is 10.2. The molecule has 1 fully saturated rings. The van der Waals surface area contributed by atoms with E-state index >= 15 is 0 Å². The summed E-state index contributed by atoms with van der Waals surface area (Å²) in [4.78, 5) is 6.86. The zero-order valence-corrected chi connectivity index (χ0v) is 15.7. The van der Waals surface area contributed by atoms with E-state index in [1.54, 1.807) is 37.3 Å². The van der Waals surface area contributed by atoms with E-state index in [0.29, 0.717) is 18.3 Å². The Balaban J connectivity index is 1.68. The van der Waals surface area contributed by atoms with Crippen LogP contribution < -0.4 is 10.0 Å². The van der Waals surface area contributed by atoms with Crippen LogP contribution in [-0.4, -0.2) is 56.7 Å². The third-order valence-corrected chi connectivity index (χ3v) is 5.77. The average molecular weight is 377 g/mol. The van der Waals surface area contributed by atoms with Crippen molar-refractivity contribution < 1.29 is 12.9 Å². The third kappa shape index (κ3) is 4.36. The van der Waals surface area contributed by atoms with E-state index < -0.39 is 10.0 Å². The van der Waals surface area contributed by atoms with Gasteiger partial charge in [0.15, 0.2) is 5.82 Å². The molecule has 1 aromatic heterocycles. The van der Waals surface area contributed by atoms with Crippen LogP contribution in [0.1, 0.15) is 30.2 Å². The van der Waals surface area contributed by atoms with Crippen LogP contribution in [0.5, 0.6) is 0 Å². The van der Waals surface area contributed by atoms with Crippen LogP contribution in [0, 0.1) is 0 Å². The molecule has 0 amide bonds. The number of hydrogen-bond acceptors (Lipinski definition) is 7. The maximum Gasteiger partial charge on any atom is 0.250 e. The van der Waals surface area contributed by atoms with E-state index in [1.807, 2.05) is 13.1 Å². The second-order valence-electron chi connectivity index (χ2n) is 6.10. The topological polar surface area (TPSA) is 100 Å². The van der Waals surface area contributed by atoms with Gasteiger partial charge >= 0.3 is 0 Å². The van der Waals surface area contributed by atoms with Crippen molar-refractivity contribution in [2.24, 2.45) is 0 Å². The highest BCUT2D eigenvalue weighted by Gasteiger charge is 2.24. The quantitative estimate of drug-likeness (QED) is 0.778. The van der Waals surface area contributed by atoms with E-state index in [1.165, 1.54) is 0 Å². The van der Waals surface area contributed by atoms with E-state index in [-0.39, 0.29) is 10.9 Å². The molecule has 0 saturated carbocycles. The van der Waals surface area contributed by atoms with Crippen molar-refractivity contribution in [1.29, 1.82) is 0 Å². The Hall–Kier alpha value is -2.07. The Morgan fingerprint density at radius 3 is 2.81 bits per heavy atom. The Morgan fingerprint density at radius 1 is 1.35 bits per heavy atom. The van der Waals surface area contributed by atoms with Crippen LogP contribution >= 0.6 is 0 Å². The fraction of sp³-hybridized carbons (Fsp3) is 0.412. The molecular weight excluding hydrogens is 354 g/mol. The molecule has 140 valence electrons. The van der Waals surface area contributed by atoms with Crippen molar-refractivity contribution in [2.45, 2.75) is 17.9 Å². The summed E-state index contributed by atoms with van der Waals surface area (Å²) in [5.74, 6) is 1.08. The molecule has 0 spiro atoms. The van der Waals surface area contributed by atoms with E-state index in [4.69, 9.17) is 4.52 Å². The molecule has 1 aliphatic heterocycles. The number of aromatic nitrogens is 2. The van der Waals surface area contributed by atoms with Gasteiger partial charge in [0.1, 0.15) is 0 Å². The molecule has 2 heterocycles. The largest absolute Gasteiger partial charge is 0.335 e. The maximum atomic E-state index is 11.9. The normalized spacial score (nSPS) is 19.2. The fourth-order valence-corrected chi connectivity index (χ4v) is 3.78. The summed E-state index contributed by atoms with van der Waals surface area (Å²) in [6.07, 6.45) is 3.53. The highest BCUT2D eigenvalue weighted by atomic mass is 32.2. The van der Waals surface area contributed by atoms with Gasteiger partial charge in [-0.1, -0.05) is 24.2 Å². The molecule has 8 nitrogen and oxygen atoms in total. The predicted octanol–water partition coefficient (Wildman–Crippen LogP) is 1.11. The zero-order chi connectivity index (χ0) is 18.6. The van der Waals surface area contributed by atoms with Crippen LogP contribution in [0.2, 0.25) is 0 Å². The Morgan fingerprint density at radius 2 is 2.12 bits per heavy atom. The van der Waals surface area contributed by atoms with Gasteiger partial charge in [-0.15, -0.1) is 0 Å². The van der Waals surface area contributed by atoms with Crippen molar-refractivity contribution in [3.05, 3.63) is 41.5 Å². The number of benzene rings is 1. The Kier molecular flexibility index (Phi) is 5.82. The number of sulfonamides is 1. The molecule has 9 heteroatoms. The third-order valence-electron chi connectivity index (χ3n) is 4.21. The number of rotatable bonds is 6. The van der Waals surface area contributed by atoms with Crippen LogP contribution in [0.15, 0.2) is 33.7 Å². The zero-order valence-electron chi connectivity index (χ0n) is 14.8. The fourth-order valence-electron chi connectivity index (χ4n) is 2.74. The van der Waals surface area contributed by atoms with E-state index in [9.17, 15) is 8.42 Å². The van der Waals surface area contributed by atoms with Gasteiger partial charge in [0.25, 0.3) is 5.89 Å². The van der Waals surface area contributed by atoms with Crippen molar-refractivity contribution >= 4 is 22.2 Å². The lowest BCUT2D eigenvalue weighted by Crippen LogP contribution is -2.44. The lowest BCUT2D eigenvalue weighted by molar-refractivity contribution is 0.190. The summed E-state index contributed by atoms with van der Waals surface area (Å²) in [5.41, 5.74) is 0.844. The molecule has 0 radical (unpaired) electrons. The highest BCUT2D eigenvalue weighted by Crippen LogP contribution is 2.18.